The molecular formula is C25H30FN5O4. The second-order valence-electron chi connectivity index (χ2n) is 8.54. The van der Waals surface area contributed by atoms with Crippen LogP contribution in [0.15, 0.2) is 42.5 Å². The van der Waals surface area contributed by atoms with E-state index in [4.69, 9.17) is 4.74 Å². The van der Waals surface area contributed by atoms with Gasteiger partial charge in [0, 0.05) is 63.5 Å². The number of carbonyl (C=O) groups is 3. The summed E-state index contributed by atoms with van der Waals surface area (Å²) in [5.74, 6) is -1.08. The van der Waals surface area contributed by atoms with Crippen molar-refractivity contribution in [3.63, 3.8) is 0 Å². The van der Waals surface area contributed by atoms with E-state index >= 15 is 0 Å². The first-order valence-electron chi connectivity index (χ1n) is 11.7. The summed E-state index contributed by atoms with van der Waals surface area (Å²) in [6, 6.07) is 10.7. The molecule has 2 heterocycles. The van der Waals surface area contributed by atoms with Crippen molar-refractivity contribution >= 4 is 29.3 Å². The highest BCUT2D eigenvalue weighted by atomic mass is 19.1. The van der Waals surface area contributed by atoms with Crippen LogP contribution in [0.2, 0.25) is 0 Å². The molecule has 0 saturated carbocycles. The van der Waals surface area contributed by atoms with Crippen molar-refractivity contribution in [1.82, 2.24) is 15.1 Å². The standard InChI is InChI=1S/C25H30FN5O4/c1-35-25(34)31-11-3-10-29(14-15-31)22-7-6-19(24(33)30-12-8-27-9-13-30)17-21(22)28-23(32)18-4-2-5-20(26)16-18/h2,4-7,16-17,27H,3,8-15H2,1H3,(H,28,32). The first-order valence-corrected chi connectivity index (χ1v) is 11.7. The Morgan fingerprint density at radius 3 is 2.46 bits per heavy atom. The van der Waals surface area contributed by atoms with Crippen LogP contribution in [-0.4, -0.2) is 87.2 Å². The van der Waals surface area contributed by atoms with Crippen LogP contribution in [0.1, 0.15) is 27.1 Å². The number of hydrogen-bond acceptors (Lipinski definition) is 6. The summed E-state index contributed by atoms with van der Waals surface area (Å²) in [7, 11) is 1.36. The summed E-state index contributed by atoms with van der Waals surface area (Å²) >= 11 is 0. The summed E-state index contributed by atoms with van der Waals surface area (Å²) < 4.78 is 18.6. The number of anilines is 2. The molecule has 2 fully saturated rings. The molecule has 2 saturated heterocycles. The van der Waals surface area contributed by atoms with Crippen molar-refractivity contribution < 1.29 is 23.5 Å². The minimum absolute atomic E-state index is 0.105. The number of hydrogen-bond donors (Lipinski definition) is 2. The molecule has 0 spiro atoms. The van der Waals surface area contributed by atoms with Crippen LogP contribution in [-0.2, 0) is 4.74 Å². The number of nitrogens with zero attached hydrogens (tertiary/aromatic N) is 3. The Balaban J connectivity index is 1.62. The molecule has 2 aromatic rings. The molecule has 35 heavy (non-hydrogen) atoms. The lowest BCUT2D eigenvalue weighted by Crippen LogP contribution is -2.46. The molecule has 186 valence electrons. The molecule has 0 bridgehead atoms. The third kappa shape index (κ3) is 5.89. The smallest absolute Gasteiger partial charge is 0.409 e. The Morgan fingerprint density at radius 2 is 1.71 bits per heavy atom. The number of carbonyl (C=O) groups excluding carboxylic acids is 3. The number of amides is 3. The van der Waals surface area contributed by atoms with Gasteiger partial charge in [0.15, 0.2) is 0 Å². The van der Waals surface area contributed by atoms with E-state index in [2.05, 4.69) is 15.5 Å². The normalized spacial score (nSPS) is 16.5. The minimum atomic E-state index is -0.504. The molecular weight excluding hydrogens is 453 g/mol. The molecule has 3 amide bonds. The molecule has 2 N–H and O–H groups in total. The Morgan fingerprint density at radius 1 is 0.914 bits per heavy atom. The highest BCUT2D eigenvalue weighted by molar-refractivity contribution is 6.07. The van der Waals surface area contributed by atoms with E-state index in [1.54, 1.807) is 21.9 Å². The molecule has 10 heteroatoms. The fraction of sp³-hybridized carbons (Fsp3) is 0.400. The van der Waals surface area contributed by atoms with Crippen LogP contribution in [0.5, 0.6) is 0 Å². The summed E-state index contributed by atoms with van der Waals surface area (Å²) in [4.78, 5) is 43.6. The van der Waals surface area contributed by atoms with Gasteiger partial charge >= 0.3 is 6.09 Å². The van der Waals surface area contributed by atoms with Crippen molar-refractivity contribution in [3.05, 3.63) is 59.4 Å². The second-order valence-corrected chi connectivity index (χ2v) is 8.54. The van der Waals surface area contributed by atoms with Crippen molar-refractivity contribution in [2.24, 2.45) is 0 Å². The lowest BCUT2D eigenvalue weighted by Gasteiger charge is -2.29. The average molecular weight is 484 g/mol. The summed E-state index contributed by atoms with van der Waals surface area (Å²) in [5.41, 5.74) is 1.85. The molecule has 2 aliphatic heterocycles. The van der Waals surface area contributed by atoms with Gasteiger partial charge in [-0.25, -0.2) is 9.18 Å². The fourth-order valence-corrected chi connectivity index (χ4v) is 4.39. The zero-order valence-corrected chi connectivity index (χ0v) is 19.8. The molecule has 2 aromatic carbocycles. The van der Waals surface area contributed by atoms with Crippen LogP contribution in [0.25, 0.3) is 0 Å². The van der Waals surface area contributed by atoms with E-state index in [1.165, 1.54) is 31.4 Å². The largest absolute Gasteiger partial charge is 0.453 e. The average Bonchev–Trinajstić information content (AvgIpc) is 3.14. The van der Waals surface area contributed by atoms with Gasteiger partial charge < -0.3 is 30.1 Å². The molecule has 0 radical (unpaired) electrons. The monoisotopic (exact) mass is 483 g/mol. The van der Waals surface area contributed by atoms with Gasteiger partial charge in [0.25, 0.3) is 11.8 Å². The van der Waals surface area contributed by atoms with E-state index in [-0.39, 0.29) is 17.6 Å². The Labute approximate surface area is 203 Å². The van der Waals surface area contributed by atoms with E-state index < -0.39 is 11.7 Å². The predicted molar refractivity (Wildman–Crippen MR) is 130 cm³/mol. The Kier molecular flexibility index (Phi) is 7.81. The van der Waals surface area contributed by atoms with Gasteiger partial charge in [-0.2, -0.15) is 0 Å². The lowest BCUT2D eigenvalue weighted by atomic mass is 10.1. The number of rotatable bonds is 4. The number of nitrogens with one attached hydrogen (secondary N) is 2. The number of halogens is 1. The van der Waals surface area contributed by atoms with Gasteiger partial charge in [0.2, 0.25) is 0 Å². The third-order valence-corrected chi connectivity index (χ3v) is 6.25. The van der Waals surface area contributed by atoms with Crippen molar-refractivity contribution in [1.29, 1.82) is 0 Å². The van der Waals surface area contributed by atoms with Crippen LogP contribution >= 0.6 is 0 Å². The topological polar surface area (TPSA) is 94.2 Å². The van der Waals surface area contributed by atoms with Gasteiger partial charge in [-0.1, -0.05) is 6.07 Å². The van der Waals surface area contributed by atoms with Crippen molar-refractivity contribution in [2.75, 3.05) is 69.7 Å². The Bertz CT molecular complexity index is 1090. The molecule has 0 atom stereocenters. The lowest BCUT2D eigenvalue weighted by molar-refractivity contribution is 0.0735. The summed E-state index contributed by atoms with van der Waals surface area (Å²) in [6.45, 7) is 4.90. The summed E-state index contributed by atoms with van der Waals surface area (Å²) in [6.07, 6.45) is 0.344. The number of ether oxygens (including phenoxy) is 1. The molecule has 9 nitrogen and oxygen atoms in total. The van der Waals surface area contributed by atoms with Crippen molar-refractivity contribution in [2.45, 2.75) is 6.42 Å². The predicted octanol–water partition coefficient (Wildman–Crippen LogP) is 2.40. The highest BCUT2D eigenvalue weighted by Gasteiger charge is 2.24. The minimum Gasteiger partial charge on any atom is -0.453 e. The van der Waals surface area contributed by atoms with Gasteiger partial charge in [-0.15, -0.1) is 0 Å². The maximum Gasteiger partial charge on any atom is 0.409 e. The van der Waals surface area contributed by atoms with E-state index in [1.807, 2.05) is 6.07 Å². The van der Waals surface area contributed by atoms with Crippen LogP contribution < -0.4 is 15.5 Å². The maximum absolute atomic E-state index is 13.7. The van der Waals surface area contributed by atoms with Crippen LogP contribution in [0.4, 0.5) is 20.6 Å². The quantitative estimate of drug-likeness (QED) is 0.694. The molecule has 0 aliphatic carbocycles. The number of benzene rings is 2. The Hall–Kier alpha value is -3.66. The SMILES string of the molecule is COC(=O)N1CCCN(c2ccc(C(=O)N3CCNCC3)cc2NC(=O)c2cccc(F)c2)CC1. The van der Waals surface area contributed by atoms with Gasteiger partial charge in [-0.05, 0) is 42.8 Å². The van der Waals surface area contributed by atoms with Crippen molar-refractivity contribution in [3.8, 4) is 0 Å². The van der Waals surface area contributed by atoms with E-state index in [0.717, 1.165) is 18.8 Å². The molecule has 0 aromatic heterocycles. The molecule has 2 aliphatic rings. The third-order valence-electron chi connectivity index (χ3n) is 6.25. The summed E-state index contributed by atoms with van der Waals surface area (Å²) in [5, 5.41) is 6.11. The first kappa shape index (κ1) is 24.5. The molecule has 0 unspecified atom stereocenters. The highest BCUT2D eigenvalue weighted by Crippen LogP contribution is 2.30. The fourth-order valence-electron chi connectivity index (χ4n) is 4.39. The van der Waals surface area contributed by atoms with Crippen LogP contribution in [0.3, 0.4) is 0 Å². The zero-order valence-electron chi connectivity index (χ0n) is 19.8. The van der Waals surface area contributed by atoms with Gasteiger partial charge in [0.05, 0.1) is 18.5 Å². The second kappa shape index (κ2) is 11.2. The first-order chi connectivity index (χ1) is 17.0. The number of methoxy groups -OCH3 is 1. The van der Waals surface area contributed by atoms with E-state index in [9.17, 15) is 18.8 Å². The van der Waals surface area contributed by atoms with Crippen LogP contribution in [0, 0.1) is 5.82 Å². The van der Waals surface area contributed by atoms with Gasteiger partial charge in [0.1, 0.15) is 5.82 Å². The maximum atomic E-state index is 13.7. The van der Waals surface area contributed by atoms with E-state index in [0.29, 0.717) is 56.9 Å². The zero-order chi connectivity index (χ0) is 24.8. The number of piperazine rings is 1. The molecule has 4 rings (SSSR count). The van der Waals surface area contributed by atoms with Gasteiger partial charge in [-0.3, -0.25) is 9.59 Å².